The quantitative estimate of drug-likeness (QED) is 0.821. The Labute approximate surface area is 110 Å². The lowest BCUT2D eigenvalue weighted by atomic mass is 10.1. The molecule has 92 valence electrons. The zero-order valence-corrected chi connectivity index (χ0v) is 12.2. The van der Waals surface area contributed by atoms with Gasteiger partial charge in [0.25, 0.3) is 0 Å². The smallest absolute Gasteiger partial charge is 0.323 e. The molecule has 0 amide bonds. The SMILES string of the molecule is C=PC(CC(=O)[P+](=C)C)c1c[nH]c2ccccc12. The third-order valence-electron chi connectivity index (χ3n) is 2.99. The van der Waals surface area contributed by atoms with Gasteiger partial charge in [-0.3, -0.25) is 0 Å². The molecule has 18 heavy (non-hydrogen) atoms. The number of aromatic amines is 1. The Balaban J connectivity index is 2.36. The number of hydrogen-bond acceptors (Lipinski definition) is 1. The van der Waals surface area contributed by atoms with Crippen LogP contribution in [0.4, 0.5) is 0 Å². The number of aromatic nitrogens is 1. The monoisotopic (exact) mass is 276 g/mol. The van der Waals surface area contributed by atoms with Gasteiger partial charge in [0.05, 0.1) is 12.7 Å². The minimum Gasteiger partial charge on any atom is -0.361 e. The van der Waals surface area contributed by atoms with E-state index < -0.39 is 7.55 Å². The molecular formula is C14H16NOP2+. The van der Waals surface area contributed by atoms with E-state index in [1.807, 2.05) is 31.1 Å². The van der Waals surface area contributed by atoms with Crippen LogP contribution >= 0.6 is 15.7 Å². The molecule has 1 aromatic heterocycles. The van der Waals surface area contributed by atoms with Gasteiger partial charge >= 0.3 is 5.52 Å². The fourth-order valence-electron chi connectivity index (χ4n) is 1.96. The summed E-state index contributed by atoms with van der Waals surface area (Å²) in [4.78, 5) is 15.1. The molecule has 1 aromatic carbocycles. The summed E-state index contributed by atoms with van der Waals surface area (Å²) in [7, 11) is 0.232. The normalized spacial score (nSPS) is 13.7. The fraction of sp³-hybridized carbons (Fsp3) is 0.214. The summed E-state index contributed by atoms with van der Waals surface area (Å²) in [5, 5.41) is 1.19. The minimum atomic E-state index is -0.750. The van der Waals surface area contributed by atoms with E-state index in [1.54, 1.807) is 0 Å². The standard InChI is InChI=1S/C14H16NOP2/c1-17-13(8-14(16)18(2)3)11-9-15-12-7-5-4-6-10(11)12/h4-7,9,13,15H,1-2,8H2,3H3/q+1. The molecule has 1 heterocycles. The maximum atomic E-state index is 11.9. The van der Waals surface area contributed by atoms with Crippen LogP contribution in [0.25, 0.3) is 10.9 Å². The van der Waals surface area contributed by atoms with E-state index in [0.717, 1.165) is 13.7 Å². The Hall–Kier alpha value is -1.23. The van der Waals surface area contributed by atoms with Gasteiger partial charge in [0.2, 0.25) is 0 Å². The fourth-order valence-corrected chi connectivity index (χ4v) is 3.31. The average molecular weight is 276 g/mol. The van der Waals surface area contributed by atoms with Crippen molar-refractivity contribution in [3.63, 3.8) is 0 Å². The van der Waals surface area contributed by atoms with Gasteiger partial charge in [-0.25, -0.2) is 4.79 Å². The van der Waals surface area contributed by atoms with Crippen molar-refractivity contribution in [2.24, 2.45) is 0 Å². The third kappa shape index (κ3) is 2.61. The van der Waals surface area contributed by atoms with Crippen LogP contribution < -0.4 is 0 Å². The summed E-state index contributed by atoms with van der Waals surface area (Å²) >= 11 is 0. The van der Waals surface area contributed by atoms with Crippen molar-refractivity contribution >= 4 is 44.8 Å². The van der Waals surface area contributed by atoms with Crippen LogP contribution in [0.3, 0.4) is 0 Å². The number of benzene rings is 1. The highest BCUT2D eigenvalue weighted by Crippen LogP contribution is 2.37. The van der Waals surface area contributed by atoms with Crippen molar-refractivity contribution < 1.29 is 4.79 Å². The molecule has 2 atom stereocenters. The van der Waals surface area contributed by atoms with E-state index in [1.165, 1.54) is 10.9 Å². The van der Waals surface area contributed by atoms with E-state index in [9.17, 15) is 4.79 Å². The first-order valence-corrected chi connectivity index (χ1v) is 8.84. The zero-order chi connectivity index (χ0) is 13.1. The lowest BCUT2D eigenvalue weighted by Gasteiger charge is -2.07. The Morgan fingerprint density at radius 2 is 2.22 bits per heavy atom. The lowest BCUT2D eigenvalue weighted by molar-refractivity contribution is -0.111. The molecule has 2 rings (SSSR count). The predicted molar refractivity (Wildman–Crippen MR) is 84.7 cm³/mol. The molecule has 2 aromatic rings. The molecule has 0 fully saturated rings. The van der Waals surface area contributed by atoms with E-state index in [0.29, 0.717) is 6.42 Å². The van der Waals surface area contributed by atoms with Crippen LogP contribution in [0.15, 0.2) is 30.5 Å². The van der Waals surface area contributed by atoms with Crippen molar-refractivity contribution in [3.8, 4) is 0 Å². The molecule has 0 aliphatic heterocycles. The molecule has 2 unspecified atom stereocenters. The second-order valence-electron chi connectivity index (χ2n) is 4.28. The van der Waals surface area contributed by atoms with Crippen LogP contribution in [0.5, 0.6) is 0 Å². The molecule has 0 bridgehead atoms. The molecule has 0 spiro atoms. The molecule has 0 saturated heterocycles. The maximum Gasteiger partial charge on any atom is 0.323 e. The van der Waals surface area contributed by atoms with Crippen LogP contribution in [0.2, 0.25) is 0 Å². The van der Waals surface area contributed by atoms with Gasteiger partial charge in [-0.1, -0.05) is 24.5 Å². The Morgan fingerprint density at radius 1 is 1.50 bits per heavy atom. The second kappa shape index (κ2) is 5.61. The highest BCUT2D eigenvalue weighted by Gasteiger charge is 2.22. The number of rotatable bonds is 5. The van der Waals surface area contributed by atoms with Gasteiger partial charge in [0, 0.05) is 22.8 Å². The topological polar surface area (TPSA) is 32.9 Å². The van der Waals surface area contributed by atoms with E-state index in [-0.39, 0.29) is 11.2 Å². The molecular weight excluding hydrogens is 260 g/mol. The molecule has 2 nitrogen and oxygen atoms in total. The average Bonchev–Trinajstić information content (AvgIpc) is 2.79. The summed E-state index contributed by atoms with van der Waals surface area (Å²) in [5.41, 5.74) is 2.73. The summed E-state index contributed by atoms with van der Waals surface area (Å²) in [5.74, 6) is 0. The number of hydrogen-bond donors (Lipinski definition) is 1. The molecule has 0 aliphatic rings. The number of carbonyl (C=O) groups excluding carboxylic acids is 1. The summed E-state index contributed by atoms with van der Waals surface area (Å²) in [6.07, 6.45) is 10.3. The first-order chi connectivity index (χ1) is 8.63. The van der Waals surface area contributed by atoms with Crippen molar-refractivity contribution in [2.75, 3.05) is 6.66 Å². The molecule has 4 heteroatoms. The van der Waals surface area contributed by atoms with E-state index in [2.05, 4.69) is 23.6 Å². The highest BCUT2D eigenvalue weighted by molar-refractivity contribution is 7.72. The van der Waals surface area contributed by atoms with E-state index in [4.69, 9.17) is 0 Å². The van der Waals surface area contributed by atoms with Crippen molar-refractivity contribution in [1.82, 2.24) is 4.98 Å². The van der Waals surface area contributed by atoms with Crippen LogP contribution in [-0.2, 0) is 4.79 Å². The Morgan fingerprint density at radius 3 is 2.89 bits per heavy atom. The largest absolute Gasteiger partial charge is 0.361 e. The second-order valence-corrected chi connectivity index (χ2v) is 7.17. The van der Waals surface area contributed by atoms with Gasteiger partial charge in [-0.2, -0.15) is 0 Å². The summed E-state index contributed by atoms with van der Waals surface area (Å²) in [6.45, 7) is 1.91. The van der Waals surface area contributed by atoms with Crippen molar-refractivity contribution in [2.45, 2.75) is 12.1 Å². The van der Waals surface area contributed by atoms with Gasteiger partial charge in [0.1, 0.15) is 6.66 Å². The molecule has 0 radical (unpaired) electrons. The Bertz CT molecular complexity index is 615. The van der Waals surface area contributed by atoms with Gasteiger partial charge in [-0.15, -0.1) is 8.20 Å². The predicted octanol–water partition coefficient (Wildman–Crippen LogP) is 4.05. The number of para-hydroxylation sites is 1. The lowest BCUT2D eigenvalue weighted by Crippen LogP contribution is -1.98. The number of carbonyl (C=O) groups is 1. The maximum absolute atomic E-state index is 11.9. The first-order valence-electron chi connectivity index (χ1n) is 5.72. The third-order valence-corrected chi connectivity index (χ3v) is 4.93. The zero-order valence-electron chi connectivity index (χ0n) is 10.4. The molecule has 1 N–H and O–H groups in total. The minimum absolute atomic E-state index is 0.167. The van der Waals surface area contributed by atoms with Gasteiger partial charge < -0.3 is 4.98 Å². The molecule has 0 saturated carbocycles. The van der Waals surface area contributed by atoms with Crippen LogP contribution in [0, 0.1) is 0 Å². The van der Waals surface area contributed by atoms with Crippen molar-refractivity contribution in [3.05, 3.63) is 36.0 Å². The highest BCUT2D eigenvalue weighted by atomic mass is 31.1. The first kappa shape index (κ1) is 13.2. The summed E-state index contributed by atoms with van der Waals surface area (Å²) in [6, 6.07) is 8.16. The van der Waals surface area contributed by atoms with Gasteiger partial charge in [0.15, 0.2) is 7.55 Å². The number of H-pyrrole nitrogens is 1. The van der Waals surface area contributed by atoms with Crippen LogP contribution in [0.1, 0.15) is 17.6 Å². The van der Waals surface area contributed by atoms with E-state index >= 15 is 0 Å². The van der Waals surface area contributed by atoms with Crippen LogP contribution in [-0.4, -0.2) is 29.8 Å². The van der Waals surface area contributed by atoms with Gasteiger partial charge in [-0.05, 0) is 11.6 Å². The summed E-state index contributed by atoms with van der Waals surface area (Å²) < 4.78 is 0. The molecule has 0 aliphatic carbocycles. The number of nitrogens with one attached hydrogen (secondary N) is 1. The Kier molecular flexibility index (Phi) is 4.11. The number of fused-ring (bicyclic) bond motifs is 1. The van der Waals surface area contributed by atoms with Crippen molar-refractivity contribution in [1.29, 1.82) is 0 Å².